The van der Waals surface area contributed by atoms with Crippen LogP contribution in [0.25, 0.3) is 0 Å². The van der Waals surface area contributed by atoms with Gasteiger partial charge in [-0.2, -0.15) is 18.3 Å². The molecule has 3 aromatic rings. The Bertz CT molecular complexity index is 982. The molecule has 9 heteroatoms. The van der Waals surface area contributed by atoms with Crippen LogP contribution < -0.4 is 10.1 Å². The van der Waals surface area contributed by atoms with E-state index in [4.69, 9.17) is 4.74 Å². The van der Waals surface area contributed by atoms with Gasteiger partial charge in [0.1, 0.15) is 12.3 Å². The predicted molar refractivity (Wildman–Crippen MR) is 96.1 cm³/mol. The zero-order chi connectivity index (χ0) is 20.3. The molecule has 3 rings (SSSR count). The number of hydrogen-bond acceptors (Lipinski definition) is 4. The number of halogens is 3. The zero-order valence-corrected chi connectivity index (χ0v) is 15.1. The summed E-state index contributed by atoms with van der Waals surface area (Å²) in [4.78, 5) is 16.1. The van der Waals surface area contributed by atoms with E-state index in [1.54, 1.807) is 12.1 Å². The van der Waals surface area contributed by atoms with E-state index in [-0.39, 0.29) is 6.54 Å². The van der Waals surface area contributed by atoms with Crippen molar-refractivity contribution in [2.24, 2.45) is 0 Å². The first-order valence-electron chi connectivity index (χ1n) is 8.32. The molecule has 28 heavy (non-hydrogen) atoms. The molecule has 1 aromatic carbocycles. The molecule has 6 nitrogen and oxygen atoms in total. The van der Waals surface area contributed by atoms with Crippen molar-refractivity contribution in [2.75, 3.05) is 5.32 Å². The van der Waals surface area contributed by atoms with Crippen LogP contribution in [0.2, 0.25) is 0 Å². The van der Waals surface area contributed by atoms with Crippen LogP contribution in [0.3, 0.4) is 0 Å². The van der Waals surface area contributed by atoms with E-state index in [1.807, 2.05) is 32.0 Å². The molecule has 0 saturated heterocycles. The lowest BCUT2D eigenvalue weighted by Crippen LogP contribution is -2.19. The summed E-state index contributed by atoms with van der Waals surface area (Å²) in [5, 5.41) is 5.88. The van der Waals surface area contributed by atoms with Crippen LogP contribution in [0.1, 0.15) is 16.8 Å². The summed E-state index contributed by atoms with van der Waals surface area (Å²) in [6.07, 6.45) is -2.04. The number of aromatic nitrogens is 3. The fourth-order valence-electron chi connectivity index (χ4n) is 2.36. The Morgan fingerprint density at radius 2 is 1.93 bits per heavy atom. The molecule has 0 spiro atoms. The van der Waals surface area contributed by atoms with Crippen molar-refractivity contribution in [3.8, 4) is 11.6 Å². The van der Waals surface area contributed by atoms with Crippen LogP contribution in [-0.4, -0.2) is 20.7 Å². The lowest BCUT2D eigenvalue weighted by molar-refractivity contribution is -0.141. The van der Waals surface area contributed by atoms with Crippen molar-refractivity contribution in [1.29, 1.82) is 0 Å². The number of ether oxygens (including phenoxy) is 1. The highest BCUT2D eigenvalue weighted by atomic mass is 19.4. The molecule has 0 bridgehead atoms. The first-order valence-corrected chi connectivity index (χ1v) is 8.32. The number of rotatable bonds is 5. The van der Waals surface area contributed by atoms with Gasteiger partial charge in [-0.3, -0.25) is 9.48 Å². The summed E-state index contributed by atoms with van der Waals surface area (Å²) in [6, 6.07) is 9.66. The SMILES string of the molecule is Cc1ccc(Oc2ccc(NC(=O)Cn3ccc(C(F)(F)F)n3)cn2)cc1C. The molecule has 1 amide bonds. The molecular weight excluding hydrogens is 373 g/mol. The first kappa shape index (κ1) is 19.4. The highest BCUT2D eigenvalue weighted by Crippen LogP contribution is 2.27. The predicted octanol–water partition coefficient (Wildman–Crippen LogP) is 4.34. The lowest BCUT2D eigenvalue weighted by Gasteiger charge is -2.09. The molecule has 0 radical (unpaired) electrons. The quantitative estimate of drug-likeness (QED) is 0.704. The normalized spacial score (nSPS) is 11.3. The summed E-state index contributed by atoms with van der Waals surface area (Å²) in [5.41, 5.74) is 1.59. The largest absolute Gasteiger partial charge is 0.439 e. The number of amides is 1. The minimum absolute atomic E-state index is 0.350. The molecule has 0 aliphatic rings. The maximum Gasteiger partial charge on any atom is 0.435 e. The van der Waals surface area contributed by atoms with Crippen molar-refractivity contribution in [3.63, 3.8) is 0 Å². The van der Waals surface area contributed by atoms with Gasteiger partial charge in [0.15, 0.2) is 5.69 Å². The molecule has 2 heterocycles. The van der Waals surface area contributed by atoms with Gasteiger partial charge >= 0.3 is 6.18 Å². The number of aryl methyl sites for hydroxylation is 2. The van der Waals surface area contributed by atoms with Gasteiger partial charge in [0.25, 0.3) is 0 Å². The van der Waals surface area contributed by atoms with E-state index >= 15 is 0 Å². The number of anilines is 1. The summed E-state index contributed by atoms with van der Waals surface area (Å²) < 4.78 is 44.2. The molecular formula is C19H17F3N4O2. The van der Waals surface area contributed by atoms with Gasteiger partial charge in [0.05, 0.1) is 11.9 Å². The number of carbonyl (C=O) groups excluding carboxylic acids is 1. The van der Waals surface area contributed by atoms with Crippen molar-refractivity contribution < 1.29 is 22.7 Å². The number of alkyl halides is 3. The average molecular weight is 390 g/mol. The minimum atomic E-state index is -4.54. The topological polar surface area (TPSA) is 69.0 Å². The van der Waals surface area contributed by atoms with E-state index in [0.717, 1.165) is 28.1 Å². The second-order valence-corrected chi connectivity index (χ2v) is 6.18. The molecule has 1 N–H and O–H groups in total. The van der Waals surface area contributed by atoms with E-state index in [0.29, 0.717) is 17.3 Å². The Morgan fingerprint density at radius 1 is 1.14 bits per heavy atom. The maximum absolute atomic E-state index is 12.5. The number of hydrogen-bond donors (Lipinski definition) is 1. The van der Waals surface area contributed by atoms with E-state index in [2.05, 4.69) is 15.4 Å². The fourth-order valence-corrected chi connectivity index (χ4v) is 2.36. The van der Waals surface area contributed by atoms with Crippen molar-refractivity contribution in [3.05, 3.63) is 65.6 Å². The van der Waals surface area contributed by atoms with Gasteiger partial charge in [-0.1, -0.05) is 6.07 Å². The third-order valence-electron chi connectivity index (χ3n) is 3.96. The van der Waals surface area contributed by atoms with Crippen LogP contribution in [0.4, 0.5) is 18.9 Å². The highest BCUT2D eigenvalue weighted by molar-refractivity contribution is 5.90. The molecule has 0 aliphatic carbocycles. The summed E-state index contributed by atoms with van der Waals surface area (Å²) in [5.74, 6) is 0.469. The highest BCUT2D eigenvalue weighted by Gasteiger charge is 2.33. The van der Waals surface area contributed by atoms with Gasteiger partial charge in [-0.05, 0) is 49.2 Å². The first-order chi connectivity index (χ1) is 13.2. The Morgan fingerprint density at radius 3 is 2.54 bits per heavy atom. The van der Waals surface area contributed by atoms with Crippen LogP contribution in [-0.2, 0) is 17.5 Å². The van der Waals surface area contributed by atoms with Crippen molar-refractivity contribution >= 4 is 11.6 Å². The molecule has 0 atom stereocenters. The van der Waals surface area contributed by atoms with Crippen molar-refractivity contribution in [2.45, 2.75) is 26.6 Å². The third-order valence-corrected chi connectivity index (χ3v) is 3.96. The second kappa shape index (κ2) is 7.71. The van der Waals surface area contributed by atoms with Gasteiger partial charge in [0.2, 0.25) is 11.8 Å². The van der Waals surface area contributed by atoms with Crippen LogP contribution in [0.15, 0.2) is 48.8 Å². The van der Waals surface area contributed by atoms with Crippen LogP contribution >= 0.6 is 0 Å². The minimum Gasteiger partial charge on any atom is -0.439 e. The number of nitrogens with zero attached hydrogens (tertiary/aromatic N) is 3. The molecule has 0 fully saturated rings. The van der Waals surface area contributed by atoms with Gasteiger partial charge in [-0.25, -0.2) is 4.98 Å². The number of pyridine rings is 1. The Kier molecular flexibility index (Phi) is 5.34. The summed E-state index contributed by atoms with van der Waals surface area (Å²) in [6.45, 7) is 3.63. The number of carbonyl (C=O) groups is 1. The Labute approximate surface area is 159 Å². The monoisotopic (exact) mass is 390 g/mol. The van der Waals surface area contributed by atoms with Gasteiger partial charge in [0, 0.05) is 12.3 Å². The lowest BCUT2D eigenvalue weighted by atomic mass is 10.1. The second-order valence-electron chi connectivity index (χ2n) is 6.18. The van der Waals surface area contributed by atoms with Crippen LogP contribution in [0, 0.1) is 13.8 Å². The molecule has 0 aliphatic heterocycles. The number of nitrogens with one attached hydrogen (secondary N) is 1. The molecule has 0 unspecified atom stereocenters. The molecule has 2 aromatic heterocycles. The van der Waals surface area contributed by atoms with E-state index in [9.17, 15) is 18.0 Å². The zero-order valence-electron chi connectivity index (χ0n) is 15.1. The van der Waals surface area contributed by atoms with Gasteiger partial charge in [-0.15, -0.1) is 0 Å². The maximum atomic E-state index is 12.5. The smallest absolute Gasteiger partial charge is 0.435 e. The molecule has 146 valence electrons. The van der Waals surface area contributed by atoms with E-state index < -0.39 is 17.8 Å². The Hall–Kier alpha value is -3.36. The third kappa shape index (κ3) is 4.87. The van der Waals surface area contributed by atoms with E-state index in [1.165, 1.54) is 6.20 Å². The molecule has 0 saturated carbocycles. The average Bonchev–Trinajstić information content (AvgIpc) is 3.09. The van der Waals surface area contributed by atoms with Crippen LogP contribution in [0.5, 0.6) is 11.6 Å². The van der Waals surface area contributed by atoms with Gasteiger partial charge < -0.3 is 10.1 Å². The Balaban J connectivity index is 1.58. The summed E-state index contributed by atoms with van der Waals surface area (Å²) in [7, 11) is 0. The standard InChI is InChI=1S/C19H17F3N4O2/c1-12-3-5-15(9-13(12)2)28-18-6-4-14(10-23-18)24-17(27)11-26-8-7-16(25-26)19(20,21)22/h3-10H,11H2,1-2H3,(H,24,27). The van der Waals surface area contributed by atoms with Crippen molar-refractivity contribution in [1.82, 2.24) is 14.8 Å². The fraction of sp³-hybridized carbons (Fsp3) is 0.211. The number of benzene rings is 1. The summed E-state index contributed by atoms with van der Waals surface area (Å²) >= 11 is 0.